The maximum Gasteiger partial charge on any atom is 0.0410 e. The molecule has 0 spiro atoms. The van der Waals surface area contributed by atoms with Gasteiger partial charge in [-0.25, -0.2) is 0 Å². The van der Waals surface area contributed by atoms with Crippen LogP contribution < -0.4 is 5.32 Å². The Hall–Kier alpha value is -0.710. The van der Waals surface area contributed by atoms with Gasteiger partial charge in [0, 0.05) is 27.4 Å². The summed E-state index contributed by atoms with van der Waals surface area (Å²) >= 11 is 7.01. The number of pyridine rings is 1. The fourth-order valence-electron chi connectivity index (χ4n) is 2.16. The van der Waals surface area contributed by atoms with Crippen molar-refractivity contribution in [1.29, 1.82) is 0 Å². The van der Waals surface area contributed by atoms with Crippen LogP contribution in [0.1, 0.15) is 22.7 Å². The molecule has 0 radical (unpaired) electrons. The van der Waals surface area contributed by atoms with Crippen LogP contribution in [0.5, 0.6) is 0 Å². The maximum atomic E-state index is 4.22. The number of nitrogens with one attached hydrogen (secondary N) is 1. The number of halogens is 2. The van der Waals surface area contributed by atoms with Gasteiger partial charge in [-0.05, 0) is 71.2 Å². The zero-order valence-electron chi connectivity index (χ0n) is 11.0. The largest absolute Gasteiger partial charge is 0.313 e. The van der Waals surface area contributed by atoms with Gasteiger partial charge in [-0.15, -0.1) is 0 Å². The first-order valence-corrected chi connectivity index (χ1v) is 7.71. The lowest BCUT2D eigenvalue weighted by Crippen LogP contribution is -2.20. The molecule has 0 aliphatic carbocycles. The van der Waals surface area contributed by atoms with Gasteiger partial charge in [0.15, 0.2) is 0 Å². The predicted molar refractivity (Wildman–Crippen MR) is 86.3 cm³/mol. The third kappa shape index (κ3) is 3.88. The van der Waals surface area contributed by atoms with Gasteiger partial charge in [-0.3, -0.25) is 4.98 Å². The first-order valence-electron chi connectivity index (χ1n) is 6.13. The number of rotatable bonds is 4. The minimum absolute atomic E-state index is 0.286. The van der Waals surface area contributed by atoms with E-state index >= 15 is 0 Å². The molecule has 4 heteroatoms. The van der Waals surface area contributed by atoms with Crippen molar-refractivity contribution >= 4 is 31.9 Å². The smallest absolute Gasteiger partial charge is 0.0410 e. The summed E-state index contributed by atoms with van der Waals surface area (Å²) in [6.45, 7) is 2.14. The van der Waals surface area contributed by atoms with E-state index in [0.29, 0.717) is 0 Å². The second kappa shape index (κ2) is 6.64. The molecule has 1 aromatic heterocycles. The van der Waals surface area contributed by atoms with Crippen LogP contribution in [-0.2, 0) is 6.42 Å². The van der Waals surface area contributed by atoms with Gasteiger partial charge in [0.25, 0.3) is 0 Å². The van der Waals surface area contributed by atoms with E-state index in [0.717, 1.165) is 15.4 Å². The molecule has 1 heterocycles. The number of aryl methyl sites for hydroxylation is 1. The average Bonchev–Trinajstić information content (AvgIpc) is 2.39. The lowest BCUT2D eigenvalue weighted by molar-refractivity contribution is 0.587. The molecule has 2 aromatic rings. The third-order valence-corrected chi connectivity index (χ3v) is 4.09. The molecular weight excluding hydrogens is 368 g/mol. The van der Waals surface area contributed by atoms with E-state index in [1.165, 1.54) is 16.7 Å². The van der Waals surface area contributed by atoms with Crippen molar-refractivity contribution in [3.8, 4) is 0 Å². The number of hydrogen-bond donors (Lipinski definition) is 1. The third-order valence-electron chi connectivity index (χ3n) is 3.17. The highest BCUT2D eigenvalue weighted by molar-refractivity contribution is 9.10. The summed E-state index contributed by atoms with van der Waals surface area (Å²) in [5, 5.41) is 3.39. The Bertz CT molecular complexity index is 570. The molecule has 2 rings (SSSR count). The summed E-state index contributed by atoms with van der Waals surface area (Å²) in [5.74, 6) is 0. The van der Waals surface area contributed by atoms with Crippen LogP contribution in [-0.4, -0.2) is 12.0 Å². The number of hydrogen-bond acceptors (Lipinski definition) is 2. The predicted octanol–water partition coefficient (Wildman–Crippen LogP) is 4.42. The maximum absolute atomic E-state index is 4.22. The quantitative estimate of drug-likeness (QED) is 0.845. The Labute approximate surface area is 130 Å². The SMILES string of the molecule is CNC(Cc1cncc(Br)c1)c1cc(Br)ccc1C. The number of nitrogens with zero attached hydrogens (tertiary/aromatic N) is 1. The molecule has 100 valence electrons. The minimum Gasteiger partial charge on any atom is -0.313 e. The van der Waals surface area contributed by atoms with E-state index in [4.69, 9.17) is 0 Å². The van der Waals surface area contributed by atoms with Crippen LogP contribution in [0, 0.1) is 6.92 Å². The molecular formula is C15H16Br2N2. The summed E-state index contributed by atoms with van der Waals surface area (Å²) < 4.78 is 2.13. The van der Waals surface area contributed by atoms with Crippen LogP contribution in [0.4, 0.5) is 0 Å². The molecule has 1 atom stereocenters. The molecule has 1 aromatic carbocycles. The molecule has 0 fully saturated rings. The molecule has 2 nitrogen and oxygen atoms in total. The Kier molecular flexibility index (Phi) is 5.13. The first-order chi connectivity index (χ1) is 9.10. The second-order valence-electron chi connectivity index (χ2n) is 4.56. The molecule has 0 saturated heterocycles. The summed E-state index contributed by atoms with van der Waals surface area (Å²) in [6.07, 6.45) is 4.64. The van der Waals surface area contributed by atoms with E-state index in [9.17, 15) is 0 Å². The Morgan fingerprint density at radius 3 is 2.63 bits per heavy atom. The van der Waals surface area contributed by atoms with Crippen molar-refractivity contribution in [3.05, 3.63) is 62.3 Å². The standard InChI is InChI=1S/C15H16Br2N2/c1-10-3-4-12(16)7-14(10)15(18-2)6-11-5-13(17)9-19-8-11/h3-5,7-9,15,18H,6H2,1-2H3. The van der Waals surface area contributed by atoms with Crippen LogP contribution in [0.3, 0.4) is 0 Å². The topological polar surface area (TPSA) is 24.9 Å². The van der Waals surface area contributed by atoms with Gasteiger partial charge in [-0.2, -0.15) is 0 Å². The zero-order chi connectivity index (χ0) is 13.8. The number of benzene rings is 1. The molecule has 0 aliphatic heterocycles. The van der Waals surface area contributed by atoms with Crippen LogP contribution in [0.15, 0.2) is 45.6 Å². The Morgan fingerprint density at radius 2 is 1.95 bits per heavy atom. The Balaban J connectivity index is 2.27. The molecule has 19 heavy (non-hydrogen) atoms. The average molecular weight is 384 g/mol. The molecule has 1 N–H and O–H groups in total. The summed E-state index contributed by atoms with van der Waals surface area (Å²) in [6, 6.07) is 8.80. The highest BCUT2D eigenvalue weighted by Crippen LogP contribution is 2.25. The lowest BCUT2D eigenvalue weighted by atomic mass is 9.96. The highest BCUT2D eigenvalue weighted by Gasteiger charge is 2.13. The van der Waals surface area contributed by atoms with E-state index in [2.05, 4.69) is 73.3 Å². The second-order valence-corrected chi connectivity index (χ2v) is 6.39. The number of likely N-dealkylation sites (N-methyl/N-ethyl adjacent to an activating group) is 1. The molecule has 0 saturated carbocycles. The van der Waals surface area contributed by atoms with Crippen molar-refractivity contribution in [2.45, 2.75) is 19.4 Å². The van der Waals surface area contributed by atoms with Gasteiger partial charge in [0.1, 0.15) is 0 Å². The fraction of sp³-hybridized carbons (Fsp3) is 0.267. The molecule has 0 aliphatic rings. The van der Waals surface area contributed by atoms with Gasteiger partial charge in [0.05, 0.1) is 0 Å². The minimum atomic E-state index is 0.286. The normalized spacial score (nSPS) is 12.4. The monoisotopic (exact) mass is 382 g/mol. The van der Waals surface area contributed by atoms with Crippen molar-refractivity contribution in [1.82, 2.24) is 10.3 Å². The summed E-state index contributed by atoms with van der Waals surface area (Å²) in [4.78, 5) is 4.22. The van der Waals surface area contributed by atoms with Gasteiger partial charge >= 0.3 is 0 Å². The molecule has 0 amide bonds. The molecule has 0 bridgehead atoms. The van der Waals surface area contributed by atoms with Crippen molar-refractivity contribution < 1.29 is 0 Å². The van der Waals surface area contributed by atoms with E-state index < -0.39 is 0 Å². The van der Waals surface area contributed by atoms with Crippen molar-refractivity contribution in [2.75, 3.05) is 7.05 Å². The number of aromatic nitrogens is 1. The van der Waals surface area contributed by atoms with Gasteiger partial charge < -0.3 is 5.32 Å². The highest BCUT2D eigenvalue weighted by atomic mass is 79.9. The van der Waals surface area contributed by atoms with E-state index in [1.54, 1.807) is 0 Å². The molecule has 1 unspecified atom stereocenters. The van der Waals surface area contributed by atoms with E-state index in [-0.39, 0.29) is 6.04 Å². The van der Waals surface area contributed by atoms with Crippen molar-refractivity contribution in [2.24, 2.45) is 0 Å². The lowest BCUT2D eigenvalue weighted by Gasteiger charge is -2.19. The summed E-state index contributed by atoms with van der Waals surface area (Å²) in [5.41, 5.74) is 3.83. The van der Waals surface area contributed by atoms with Crippen LogP contribution >= 0.6 is 31.9 Å². The van der Waals surface area contributed by atoms with Gasteiger partial charge in [-0.1, -0.05) is 22.0 Å². The Morgan fingerprint density at radius 1 is 1.16 bits per heavy atom. The summed E-state index contributed by atoms with van der Waals surface area (Å²) in [7, 11) is 2.00. The fourth-order valence-corrected chi connectivity index (χ4v) is 2.95. The van der Waals surface area contributed by atoms with Crippen molar-refractivity contribution in [3.63, 3.8) is 0 Å². The van der Waals surface area contributed by atoms with Gasteiger partial charge in [0.2, 0.25) is 0 Å². The first kappa shape index (κ1) is 14.7. The zero-order valence-corrected chi connectivity index (χ0v) is 14.1. The van der Waals surface area contributed by atoms with E-state index in [1.807, 2.05) is 19.4 Å². The van der Waals surface area contributed by atoms with Crippen LogP contribution in [0.25, 0.3) is 0 Å². The van der Waals surface area contributed by atoms with Crippen LogP contribution in [0.2, 0.25) is 0 Å².